The Morgan fingerprint density at radius 2 is 1.80 bits per heavy atom. The average Bonchev–Trinajstić information content (AvgIpc) is 2.82. The molecule has 1 amide bonds. The van der Waals surface area contributed by atoms with Crippen molar-refractivity contribution in [2.24, 2.45) is 0 Å². The summed E-state index contributed by atoms with van der Waals surface area (Å²) in [5, 5.41) is 3.88. The van der Waals surface area contributed by atoms with E-state index in [1.807, 2.05) is 29.3 Å². The monoisotopic (exact) mass is 200 g/mol. The molecule has 0 fully saturated rings. The van der Waals surface area contributed by atoms with Gasteiger partial charge in [0.2, 0.25) is 5.91 Å². The summed E-state index contributed by atoms with van der Waals surface area (Å²) in [7, 11) is 0. The zero-order valence-electron chi connectivity index (χ0n) is 8.39. The van der Waals surface area contributed by atoms with Crippen molar-refractivity contribution in [3.8, 4) is 0 Å². The Bertz CT molecular complexity index is 431. The molecule has 1 aromatic carbocycles. The lowest BCUT2D eigenvalue weighted by Crippen LogP contribution is -2.43. The zero-order chi connectivity index (χ0) is 10.3. The summed E-state index contributed by atoms with van der Waals surface area (Å²) in [6, 6.07) is 8.00. The molecule has 2 aliphatic rings. The zero-order valence-corrected chi connectivity index (χ0v) is 8.39. The Labute approximate surface area is 88.6 Å². The number of hydrogen-bond donors (Lipinski definition) is 0. The predicted molar refractivity (Wildman–Crippen MR) is 58.3 cm³/mol. The number of amides is 1. The molecule has 0 unspecified atom stereocenters. The van der Waals surface area contributed by atoms with Crippen molar-refractivity contribution in [2.75, 3.05) is 18.1 Å². The fraction of sp³-hybridized carbons (Fsp3) is 0.250. The second-order valence-electron chi connectivity index (χ2n) is 3.85. The van der Waals surface area contributed by atoms with Crippen LogP contribution in [-0.2, 0) is 11.2 Å². The smallest absolute Gasteiger partial charge is 0.246 e. The summed E-state index contributed by atoms with van der Waals surface area (Å²) in [5.41, 5.74) is 2.18. The third-order valence-corrected chi connectivity index (χ3v) is 2.88. The molecular formula is C12H12N2O. The highest BCUT2D eigenvalue weighted by Gasteiger charge is 2.31. The number of fused-ring (bicyclic) bond motifs is 1. The number of hydrazine groups is 1. The van der Waals surface area contributed by atoms with Crippen LogP contribution in [-0.4, -0.2) is 24.0 Å². The maximum atomic E-state index is 11.9. The fourth-order valence-electron chi connectivity index (χ4n) is 2.18. The van der Waals surface area contributed by atoms with E-state index >= 15 is 0 Å². The van der Waals surface area contributed by atoms with Crippen LogP contribution in [0, 0.1) is 0 Å². The van der Waals surface area contributed by atoms with Crippen LogP contribution in [0.25, 0.3) is 0 Å². The number of para-hydroxylation sites is 1. The number of anilines is 1. The Kier molecular flexibility index (Phi) is 1.86. The summed E-state index contributed by atoms with van der Waals surface area (Å²) in [5.74, 6) is 0.180. The number of nitrogens with zero attached hydrogens (tertiary/aromatic N) is 2. The van der Waals surface area contributed by atoms with Gasteiger partial charge in [0.15, 0.2) is 0 Å². The minimum absolute atomic E-state index is 0.180. The van der Waals surface area contributed by atoms with Crippen molar-refractivity contribution in [1.82, 2.24) is 5.01 Å². The van der Waals surface area contributed by atoms with Gasteiger partial charge in [-0.1, -0.05) is 30.4 Å². The quantitative estimate of drug-likeness (QED) is 0.639. The number of hydrogen-bond acceptors (Lipinski definition) is 2. The molecule has 3 nitrogen and oxygen atoms in total. The van der Waals surface area contributed by atoms with Crippen molar-refractivity contribution >= 4 is 11.6 Å². The van der Waals surface area contributed by atoms with Gasteiger partial charge in [0.25, 0.3) is 0 Å². The molecule has 0 aromatic heterocycles. The third kappa shape index (κ3) is 1.27. The predicted octanol–water partition coefficient (Wildman–Crippen LogP) is 1.36. The van der Waals surface area contributed by atoms with E-state index < -0.39 is 0 Å². The van der Waals surface area contributed by atoms with Gasteiger partial charge in [0.1, 0.15) is 0 Å². The molecule has 0 N–H and O–H groups in total. The molecular weight excluding hydrogens is 188 g/mol. The molecule has 76 valence electrons. The average molecular weight is 200 g/mol. The van der Waals surface area contributed by atoms with Crippen molar-refractivity contribution < 1.29 is 4.79 Å². The van der Waals surface area contributed by atoms with Crippen LogP contribution in [0.1, 0.15) is 5.56 Å². The standard InChI is InChI=1S/C12H12N2O/c15-12-9-10-5-1-2-6-11(10)14(12)13-7-3-4-8-13/h1-6H,7-9H2. The summed E-state index contributed by atoms with van der Waals surface area (Å²) in [6.45, 7) is 1.67. The number of carbonyl (C=O) groups excluding carboxylic acids is 1. The molecule has 0 atom stereocenters. The SMILES string of the molecule is O=C1Cc2ccccc2N1N1CC=CC1. The lowest BCUT2D eigenvalue weighted by molar-refractivity contribution is -0.119. The van der Waals surface area contributed by atoms with Gasteiger partial charge in [-0.15, -0.1) is 0 Å². The third-order valence-electron chi connectivity index (χ3n) is 2.88. The Hall–Kier alpha value is -1.61. The van der Waals surface area contributed by atoms with Crippen LogP contribution in [0.5, 0.6) is 0 Å². The van der Waals surface area contributed by atoms with E-state index in [-0.39, 0.29) is 5.91 Å². The van der Waals surface area contributed by atoms with E-state index in [1.165, 1.54) is 0 Å². The molecule has 3 rings (SSSR count). The fourth-order valence-corrected chi connectivity index (χ4v) is 2.18. The number of benzene rings is 1. The molecule has 1 aromatic rings. The van der Waals surface area contributed by atoms with Gasteiger partial charge in [-0.3, -0.25) is 4.79 Å². The van der Waals surface area contributed by atoms with E-state index in [4.69, 9.17) is 0 Å². The summed E-state index contributed by atoms with van der Waals surface area (Å²) < 4.78 is 0. The van der Waals surface area contributed by atoms with Crippen molar-refractivity contribution in [3.05, 3.63) is 42.0 Å². The van der Waals surface area contributed by atoms with Crippen LogP contribution in [0.4, 0.5) is 5.69 Å². The van der Waals surface area contributed by atoms with Crippen molar-refractivity contribution in [3.63, 3.8) is 0 Å². The Morgan fingerprint density at radius 1 is 1.07 bits per heavy atom. The minimum Gasteiger partial charge on any atom is -0.273 e. The van der Waals surface area contributed by atoms with E-state index in [0.29, 0.717) is 6.42 Å². The maximum absolute atomic E-state index is 11.9. The normalized spacial score (nSPS) is 20.0. The summed E-state index contributed by atoms with van der Waals surface area (Å²) in [6.07, 6.45) is 4.72. The summed E-state index contributed by atoms with van der Waals surface area (Å²) in [4.78, 5) is 11.9. The Balaban J connectivity index is 1.98. The highest BCUT2D eigenvalue weighted by atomic mass is 16.2. The largest absolute Gasteiger partial charge is 0.273 e. The first-order valence-corrected chi connectivity index (χ1v) is 5.17. The number of carbonyl (C=O) groups is 1. The van der Waals surface area contributed by atoms with E-state index in [1.54, 1.807) is 0 Å². The van der Waals surface area contributed by atoms with Crippen LogP contribution in [0.15, 0.2) is 36.4 Å². The van der Waals surface area contributed by atoms with Gasteiger partial charge in [0, 0.05) is 13.1 Å². The molecule has 0 saturated heterocycles. The molecule has 0 saturated carbocycles. The summed E-state index contributed by atoms with van der Waals surface area (Å²) >= 11 is 0. The van der Waals surface area contributed by atoms with Crippen LogP contribution >= 0.6 is 0 Å². The van der Waals surface area contributed by atoms with E-state index in [9.17, 15) is 4.79 Å². The van der Waals surface area contributed by atoms with Crippen molar-refractivity contribution in [2.45, 2.75) is 6.42 Å². The molecule has 0 spiro atoms. The first kappa shape index (κ1) is 8.68. The van der Waals surface area contributed by atoms with Gasteiger partial charge in [-0.25, -0.2) is 10.0 Å². The second kappa shape index (κ2) is 3.21. The van der Waals surface area contributed by atoms with Gasteiger partial charge in [-0.2, -0.15) is 0 Å². The first-order chi connectivity index (χ1) is 7.36. The van der Waals surface area contributed by atoms with Crippen LogP contribution in [0.3, 0.4) is 0 Å². The Morgan fingerprint density at radius 3 is 2.60 bits per heavy atom. The molecule has 3 heteroatoms. The van der Waals surface area contributed by atoms with Gasteiger partial charge < -0.3 is 0 Å². The first-order valence-electron chi connectivity index (χ1n) is 5.17. The van der Waals surface area contributed by atoms with Gasteiger partial charge >= 0.3 is 0 Å². The van der Waals surface area contributed by atoms with E-state index in [0.717, 1.165) is 24.3 Å². The molecule has 0 radical (unpaired) electrons. The molecule has 15 heavy (non-hydrogen) atoms. The highest BCUT2D eigenvalue weighted by molar-refractivity contribution is 6.00. The van der Waals surface area contributed by atoms with Gasteiger partial charge in [-0.05, 0) is 11.6 Å². The molecule has 0 bridgehead atoms. The molecule has 0 aliphatic carbocycles. The lowest BCUT2D eigenvalue weighted by atomic mass is 10.2. The van der Waals surface area contributed by atoms with Crippen LogP contribution < -0.4 is 5.01 Å². The van der Waals surface area contributed by atoms with Gasteiger partial charge in [0.05, 0.1) is 12.1 Å². The minimum atomic E-state index is 0.180. The molecule has 2 aliphatic heterocycles. The maximum Gasteiger partial charge on any atom is 0.246 e. The number of rotatable bonds is 1. The second-order valence-corrected chi connectivity index (χ2v) is 3.85. The van der Waals surface area contributed by atoms with E-state index in [2.05, 4.69) is 17.2 Å². The van der Waals surface area contributed by atoms with Crippen LogP contribution in [0.2, 0.25) is 0 Å². The highest BCUT2D eigenvalue weighted by Crippen LogP contribution is 2.30. The molecule has 2 heterocycles. The van der Waals surface area contributed by atoms with Crippen molar-refractivity contribution in [1.29, 1.82) is 0 Å². The topological polar surface area (TPSA) is 23.6 Å². The lowest BCUT2D eigenvalue weighted by Gasteiger charge is -2.27.